The van der Waals surface area contributed by atoms with Crippen LogP contribution in [0, 0.1) is 0 Å². The number of oxazole rings is 1. The number of fused-ring (bicyclic) bond motifs is 1. The molecular weight excluding hydrogens is 245 g/mol. The van der Waals surface area contributed by atoms with Crippen LogP contribution >= 0.6 is 0 Å². The van der Waals surface area contributed by atoms with E-state index >= 15 is 0 Å². The van der Waals surface area contributed by atoms with E-state index in [9.17, 15) is 4.79 Å². The van der Waals surface area contributed by atoms with Gasteiger partial charge in [-0.05, 0) is 39.8 Å². The van der Waals surface area contributed by atoms with E-state index in [0.717, 1.165) is 0 Å². The van der Waals surface area contributed by atoms with E-state index in [-0.39, 0.29) is 0 Å². The van der Waals surface area contributed by atoms with E-state index in [1.807, 2.05) is 45.9 Å². The van der Waals surface area contributed by atoms with Gasteiger partial charge in [-0.2, -0.15) is 0 Å². The molecule has 1 fully saturated rings. The normalized spacial score (nSPS) is 21.2. The van der Waals surface area contributed by atoms with Crippen LogP contribution in [0.5, 0.6) is 0 Å². The molecule has 1 saturated heterocycles. The molecule has 1 aliphatic heterocycles. The number of hydrogen-bond donors (Lipinski definition) is 0. The van der Waals surface area contributed by atoms with E-state index in [2.05, 4.69) is 0 Å². The molecule has 0 aliphatic carbocycles. The number of hydrogen-bond acceptors (Lipinski definition) is 4. The molecule has 100 valence electrons. The predicted octanol–water partition coefficient (Wildman–Crippen LogP) is 2.03. The highest BCUT2D eigenvalue weighted by atomic mass is 16.7. The van der Waals surface area contributed by atoms with Crippen molar-refractivity contribution in [3.05, 3.63) is 34.8 Å². The Morgan fingerprint density at radius 3 is 2.26 bits per heavy atom. The molecule has 0 bridgehead atoms. The molecule has 2 heterocycles. The third-order valence-electron chi connectivity index (χ3n) is 3.97. The Labute approximate surface area is 111 Å². The minimum absolute atomic E-state index is 0.472. The summed E-state index contributed by atoms with van der Waals surface area (Å²) in [5.41, 5.74) is 0.221. The van der Waals surface area contributed by atoms with Crippen LogP contribution in [0.25, 0.3) is 11.1 Å². The highest BCUT2D eigenvalue weighted by molar-refractivity contribution is 6.45. The van der Waals surface area contributed by atoms with E-state index < -0.39 is 24.2 Å². The number of aromatic nitrogens is 1. The van der Waals surface area contributed by atoms with Crippen LogP contribution < -0.4 is 5.76 Å². The molecule has 6 heteroatoms. The molecule has 0 spiro atoms. The Morgan fingerprint density at radius 1 is 1.05 bits per heavy atom. The van der Waals surface area contributed by atoms with Gasteiger partial charge in [-0.3, -0.25) is 4.48 Å². The van der Waals surface area contributed by atoms with Gasteiger partial charge in [-0.1, -0.05) is 12.1 Å². The maximum Gasteiger partial charge on any atom is 0.604 e. The van der Waals surface area contributed by atoms with Gasteiger partial charge in [0.25, 0.3) is 0 Å². The Balaban J connectivity index is 2.12. The summed E-state index contributed by atoms with van der Waals surface area (Å²) in [6.07, 6.45) is 0. The highest BCUT2D eigenvalue weighted by Crippen LogP contribution is 2.37. The first kappa shape index (κ1) is 12.5. The predicted molar refractivity (Wildman–Crippen MR) is 72.0 cm³/mol. The first-order valence-corrected chi connectivity index (χ1v) is 6.27. The largest absolute Gasteiger partial charge is 0.604 e. The van der Waals surface area contributed by atoms with Crippen molar-refractivity contribution < 1.29 is 13.7 Å². The molecule has 0 atom stereocenters. The zero-order chi connectivity index (χ0) is 13.8. The molecule has 5 nitrogen and oxygen atoms in total. The van der Waals surface area contributed by atoms with Gasteiger partial charge in [0, 0.05) is 0 Å². The van der Waals surface area contributed by atoms with Crippen molar-refractivity contribution >= 4 is 18.4 Å². The lowest BCUT2D eigenvalue weighted by Crippen LogP contribution is -2.41. The van der Waals surface area contributed by atoms with Gasteiger partial charge in [0.1, 0.15) is 0 Å². The molecular formula is C13H16BNO4. The number of nitrogens with zero attached hydrogens (tertiary/aromatic N) is 1. The zero-order valence-electron chi connectivity index (χ0n) is 11.5. The summed E-state index contributed by atoms with van der Waals surface area (Å²) in [4.78, 5) is 12.0. The van der Waals surface area contributed by atoms with Gasteiger partial charge < -0.3 is 13.7 Å². The number of benzene rings is 1. The molecule has 0 amide bonds. The molecule has 0 unspecified atom stereocenters. The standard InChI is InChI=1S/C13H16BNO4/c1-12(2)13(3,4)19-14(18-12)15-9-7-5-6-8-10(9)17-11(15)16/h5-8H,1-4H3. The first-order chi connectivity index (χ1) is 8.82. The zero-order valence-corrected chi connectivity index (χ0v) is 11.5. The van der Waals surface area contributed by atoms with Crippen LogP contribution in [0.4, 0.5) is 0 Å². The van der Waals surface area contributed by atoms with Gasteiger partial charge in [-0.15, -0.1) is 0 Å². The second-order valence-corrected chi connectivity index (χ2v) is 5.77. The van der Waals surface area contributed by atoms with Crippen molar-refractivity contribution in [2.24, 2.45) is 0 Å². The molecule has 0 N–H and O–H groups in total. The van der Waals surface area contributed by atoms with Gasteiger partial charge >= 0.3 is 13.0 Å². The molecule has 19 heavy (non-hydrogen) atoms. The maximum absolute atomic E-state index is 12.0. The SMILES string of the molecule is CC1(C)OB(n2c(=O)oc3ccccc32)OC1(C)C. The van der Waals surface area contributed by atoms with Crippen molar-refractivity contribution in [3.8, 4) is 0 Å². The lowest BCUT2D eigenvalue weighted by atomic mass is 9.90. The second kappa shape index (κ2) is 3.74. The van der Waals surface area contributed by atoms with E-state index in [1.54, 1.807) is 6.07 Å². The van der Waals surface area contributed by atoms with Crippen LogP contribution in [0.1, 0.15) is 27.7 Å². The Kier molecular flexibility index (Phi) is 2.46. The lowest BCUT2D eigenvalue weighted by molar-refractivity contribution is 0.00578. The van der Waals surface area contributed by atoms with Crippen LogP contribution in [0.3, 0.4) is 0 Å². The second-order valence-electron chi connectivity index (χ2n) is 5.77. The molecule has 1 aliphatic rings. The average molecular weight is 261 g/mol. The minimum atomic E-state index is -0.763. The summed E-state index contributed by atoms with van der Waals surface area (Å²) in [5.74, 6) is -0.472. The Hall–Kier alpha value is -1.53. The van der Waals surface area contributed by atoms with Crippen molar-refractivity contribution in [3.63, 3.8) is 0 Å². The van der Waals surface area contributed by atoms with Crippen LogP contribution in [0.15, 0.2) is 33.5 Å². The molecule has 3 rings (SSSR count). The van der Waals surface area contributed by atoms with Gasteiger partial charge in [0.05, 0.1) is 16.7 Å². The molecule has 0 saturated carbocycles. The molecule has 2 aromatic rings. The smallest absolute Gasteiger partial charge is 0.408 e. The summed E-state index contributed by atoms with van der Waals surface area (Å²) in [6, 6.07) is 7.22. The third kappa shape index (κ3) is 1.75. The van der Waals surface area contributed by atoms with Crippen LogP contribution in [-0.4, -0.2) is 22.9 Å². The molecule has 1 aromatic carbocycles. The number of para-hydroxylation sites is 2. The summed E-state index contributed by atoms with van der Waals surface area (Å²) in [5, 5.41) is 0. The first-order valence-electron chi connectivity index (χ1n) is 6.27. The molecule has 0 radical (unpaired) electrons. The fraction of sp³-hybridized carbons (Fsp3) is 0.462. The third-order valence-corrected chi connectivity index (χ3v) is 3.97. The highest BCUT2D eigenvalue weighted by Gasteiger charge is 2.53. The van der Waals surface area contributed by atoms with Crippen LogP contribution in [0.2, 0.25) is 0 Å². The summed E-state index contributed by atoms with van der Waals surface area (Å²) in [6.45, 7) is 7.78. The lowest BCUT2D eigenvalue weighted by Gasteiger charge is -2.32. The monoisotopic (exact) mass is 261 g/mol. The van der Waals surface area contributed by atoms with E-state index in [4.69, 9.17) is 13.7 Å². The van der Waals surface area contributed by atoms with Gasteiger partial charge in [0.15, 0.2) is 5.58 Å². The van der Waals surface area contributed by atoms with E-state index in [1.165, 1.54) is 4.48 Å². The fourth-order valence-electron chi connectivity index (χ4n) is 2.10. The van der Waals surface area contributed by atoms with Crippen molar-refractivity contribution in [2.45, 2.75) is 38.9 Å². The van der Waals surface area contributed by atoms with Gasteiger partial charge in [0.2, 0.25) is 0 Å². The summed E-state index contributed by atoms with van der Waals surface area (Å²) >= 11 is 0. The number of rotatable bonds is 1. The fourth-order valence-corrected chi connectivity index (χ4v) is 2.10. The van der Waals surface area contributed by atoms with Gasteiger partial charge in [-0.25, -0.2) is 4.79 Å². The minimum Gasteiger partial charge on any atom is -0.408 e. The molecule has 1 aromatic heterocycles. The van der Waals surface area contributed by atoms with Crippen molar-refractivity contribution in [2.75, 3.05) is 0 Å². The van der Waals surface area contributed by atoms with Crippen molar-refractivity contribution in [1.82, 2.24) is 4.48 Å². The summed E-state index contributed by atoms with van der Waals surface area (Å²) < 4.78 is 18.4. The van der Waals surface area contributed by atoms with Crippen LogP contribution in [-0.2, 0) is 9.31 Å². The summed E-state index contributed by atoms with van der Waals surface area (Å²) in [7, 11) is -0.763. The topological polar surface area (TPSA) is 53.6 Å². The average Bonchev–Trinajstić information content (AvgIpc) is 2.72. The van der Waals surface area contributed by atoms with Crippen molar-refractivity contribution in [1.29, 1.82) is 0 Å². The maximum atomic E-state index is 12.0. The Morgan fingerprint density at radius 2 is 1.63 bits per heavy atom. The van der Waals surface area contributed by atoms with E-state index in [0.29, 0.717) is 11.1 Å². The quantitative estimate of drug-likeness (QED) is 0.737. The Bertz CT molecular complexity index is 669.